The van der Waals surface area contributed by atoms with Gasteiger partial charge in [0.1, 0.15) is 12.4 Å². The lowest BCUT2D eigenvalue weighted by Crippen LogP contribution is -2.04. The highest BCUT2D eigenvalue weighted by atomic mass is 16.5. The molecule has 2 aromatic rings. The number of aliphatic hydroxyl groups is 1. The molecule has 0 spiro atoms. The lowest BCUT2D eigenvalue weighted by molar-refractivity contribution is 0.265. The summed E-state index contributed by atoms with van der Waals surface area (Å²) in [7, 11) is 3.49. The Bertz CT molecular complexity index is 523. The molecule has 1 aromatic heterocycles. The number of hydrogen-bond donors (Lipinski definition) is 1. The summed E-state index contributed by atoms with van der Waals surface area (Å²) in [5.41, 5.74) is 0.783. The SMILES string of the molecule is COc1ccc(CO)cc1OCc1nccn1C. The van der Waals surface area contributed by atoms with Crippen LogP contribution >= 0.6 is 0 Å². The van der Waals surface area contributed by atoms with E-state index in [2.05, 4.69) is 4.98 Å². The van der Waals surface area contributed by atoms with Crippen molar-refractivity contribution in [1.29, 1.82) is 0 Å². The van der Waals surface area contributed by atoms with Crippen molar-refractivity contribution in [3.05, 3.63) is 42.0 Å². The number of methoxy groups -OCH3 is 1. The van der Waals surface area contributed by atoms with E-state index in [0.717, 1.165) is 11.4 Å². The van der Waals surface area contributed by atoms with Crippen LogP contribution in [0.4, 0.5) is 0 Å². The lowest BCUT2D eigenvalue weighted by Gasteiger charge is -2.11. The van der Waals surface area contributed by atoms with E-state index in [4.69, 9.17) is 14.6 Å². The van der Waals surface area contributed by atoms with Crippen LogP contribution in [0, 0.1) is 0 Å². The van der Waals surface area contributed by atoms with Crippen molar-refractivity contribution in [2.45, 2.75) is 13.2 Å². The van der Waals surface area contributed by atoms with Gasteiger partial charge in [0.2, 0.25) is 0 Å². The molecule has 18 heavy (non-hydrogen) atoms. The second kappa shape index (κ2) is 5.55. The molecule has 0 amide bonds. The number of nitrogens with zero attached hydrogens (tertiary/aromatic N) is 2. The fourth-order valence-electron chi connectivity index (χ4n) is 1.61. The number of hydrogen-bond acceptors (Lipinski definition) is 4. The number of imidazole rings is 1. The van der Waals surface area contributed by atoms with Gasteiger partial charge in [0.15, 0.2) is 11.5 Å². The molecule has 0 saturated carbocycles. The smallest absolute Gasteiger partial charge is 0.162 e. The van der Waals surface area contributed by atoms with Crippen LogP contribution in [0.1, 0.15) is 11.4 Å². The molecule has 5 heteroatoms. The van der Waals surface area contributed by atoms with Gasteiger partial charge >= 0.3 is 0 Å². The van der Waals surface area contributed by atoms with Gasteiger partial charge in [0.05, 0.1) is 13.7 Å². The maximum Gasteiger partial charge on any atom is 0.162 e. The van der Waals surface area contributed by atoms with Gasteiger partial charge in [-0.15, -0.1) is 0 Å². The normalized spacial score (nSPS) is 10.4. The number of benzene rings is 1. The van der Waals surface area contributed by atoms with Gasteiger partial charge in [0, 0.05) is 19.4 Å². The molecule has 1 aromatic carbocycles. The Morgan fingerprint density at radius 3 is 2.78 bits per heavy atom. The van der Waals surface area contributed by atoms with Gasteiger partial charge in [-0.1, -0.05) is 6.07 Å². The molecule has 0 aliphatic heterocycles. The molecule has 0 unspecified atom stereocenters. The highest BCUT2D eigenvalue weighted by Crippen LogP contribution is 2.28. The van der Waals surface area contributed by atoms with Crippen molar-refractivity contribution in [2.24, 2.45) is 7.05 Å². The monoisotopic (exact) mass is 248 g/mol. The third-order valence-electron chi connectivity index (χ3n) is 2.69. The van der Waals surface area contributed by atoms with Crippen LogP contribution in [-0.2, 0) is 20.3 Å². The van der Waals surface area contributed by atoms with Crippen LogP contribution < -0.4 is 9.47 Å². The molecule has 0 bridgehead atoms. The third kappa shape index (κ3) is 2.62. The van der Waals surface area contributed by atoms with E-state index < -0.39 is 0 Å². The minimum absolute atomic E-state index is 0.0250. The van der Waals surface area contributed by atoms with Gasteiger partial charge in [-0.2, -0.15) is 0 Å². The topological polar surface area (TPSA) is 56.5 Å². The zero-order valence-corrected chi connectivity index (χ0v) is 10.5. The maximum atomic E-state index is 9.11. The Morgan fingerprint density at radius 1 is 1.33 bits per heavy atom. The average Bonchev–Trinajstić information content (AvgIpc) is 2.81. The van der Waals surface area contributed by atoms with Gasteiger partial charge in [-0.3, -0.25) is 0 Å². The summed E-state index contributed by atoms with van der Waals surface area (Å²) >= 11 is 0. The van der Waals surface area contributed by atoms with E-state index in [1.807, 2.05) is 17.8 Å². The molecule has 0 fully saturated rings. The first-order valence-corrected chi connectivity index (χ1v) is 5.61. The number of aryl methyl sites for hydroxylation is 1. The van der Waals surface area contributed by atoms with Crippen LogP contribution in [-0.4, -0.2) is 21.8 Å². The van der Waals surface area contributed by atoms with Gasteiger partial charge in [-0.25, -0.2) is 4.98 Å². The summed E-state index contributed by atoms with van der Waals surface area (Å²) < 4.78 is 12.8. The van der Waals surface area contributed by atoms with Crippen molar-refractivity contribution in [3.63, 3.8) is 0 Å². The summed E-state index contributed by atoms with van der Waals surface area (Å²) in [6.45, 7) is 0.331. The summed E-state index contributed by atoms with van der Waals surface area (Å²) in [6, 6.07) is 5.34. The fourth-order valence-corrected chi connectivity index (χ4v) is 1.61. The van der Waals surface area contributed by atoms with E-state index in [9.17, 15) is 0 Å². The standard InChI is InChI=1S/C13H16N2O3/c1-15-6-5-14-13(15)9-18-12-7-10(8-16)3-4-11(12)17-2/h3-7,16H,8-9H2,1-2H3. The zero-order valence-electron chi connectivity index (χ0n) is 10.5. The van der Waals surface area contributed by atoms with Crippen LogP contribution in [0.15, 0.2) is 30.6 Å². The van der Waals surface area contributed by atoms with Gasteiger partial charge < -0.3 is 19.1 Å². The molecule has 0 aliphatic carbocycles. The molecule has 1 heterocycles. The largest absolute Gasteiger partial charge is 0.493 e. The number of aromatic nitrogens is 2. The highest BCUT2D eigenvalue weighted by Gasteiger charge is 2.07. The van der Waals surface area contributed by atoms with Gasteiger partial charge in [0.25, 0.3) is 0 Å². The fraction of sp³-hybridized carbons (Fsp3) is 0.308. The van der Waals surface area contributed by atoms with Crippen LogP contribution in [0.2, 0.25) is 0 Å². The highest BCUT2D eigenvalue weighted by molar-refractivity contribution is 5.42. The third-order valence-corrected chi connectivity index (χ3v) is 2.69. The predicted molar refractivity (Wildman–Crippen MR) is 66.5 cm³/mol. The van der Waals surface area contributed by atoms with E-state index in [1.54, 1.807) is 31.5 Å². The average molecular weight is 248 g/mol. The van der Waals surface area contributed by atoms with Crippen LogP contribution in [0.3, 0.4) is 0 Å². The Hall–Kier alpha value is -2.01. The minimum Gasteiger partial charge on any atom is -0.493 e. The second-order valence-corrected chi connectivity index (χ2v) is 3.89. The number of rotatable bonds is 5. The van der Waals surface area contributed by atoms with E-state index in [0.29, 0.717) is 18.1 Å². The second-order valence-electron chi connectivity index (χ2n) is 3.89. The summed E-state index contributed by atoms with van der Waals surface area (Å²) in [4.78, 5) is 4.18. The van der Waals surface area contributed by atoms with E-state index in [-0.39, 0.29) is 6.61 Å². The summed E-state index contributed by atoms with van der Waals surface area (Å²) in [5.74, 6) is 2.07. The molecule has 1 N–H and O–H groups in total. The first-order chi connectivity index (χ1) is 8.74. The molecule has 5 nitrogen and oxygen atoms in total. The maximum absolute atomic E-state index is 9.11. The Morgan fingerprint density at radius 2 is 2.17 bits per heavy atom. The lowest BCUT2D eigenvalue weighted by atomic mass is 10.2. The molecule has 2 rings (SSSR count). The number of aliphatic hydroxyl groups excluding tert-OH is 1. The quantitative estimate of drug-likeness (QED) is 0.871. The van der Waals surface area contributed by atoms with Crippen molar-refractivity contribution in [3.8, 4) is 11.5 Å². The Kier molecular flexibility index (Phi) is 3.84. The Labute approximate surface area is 106 Å². The predicted octanol–water partition coefficient (Wildman–Crippen LogP) is 1.50. The first kappa shape index (κ1) is 12.4. The van der Waals surface area contributed by atoms with Crippen LogP contribution in [0.5, 0.6) is 11.5 Å². The minimum atomic E-state index is -0.0250. The molecule has 0 atom stereocenters. The van der Waals surface area contributed by atoms with Crippen molar-refractivity contribution < 1.29 is 14.6 Å². The first-order valence-electron chi connectivity index (χ1n) is 5.61. The number of ether oxygens (including phenoxy) is 2. The van der Waals surface area contributed by atoms with Crippen molar-refractivity contribution in [1.82, 2.24) is 9.55 Å². The van der Waals surface area contributed by atoms with Crippen LogP contribution in [0.25, 0.3) is 0 Å². The molecular weight excluding hydrogens is 232 g/mol. The molecule has 96 valence electrons. The molecule has 0 radical (unpaired) electrons. The Balaban J connectivity index is 2.14. The summed E-state index contributed by atoms with van der Waals surface area (Å²) in [6.07, 6.45) is 3.58. The van der Waals surface area contributed by atoms with Crippen molar-refractivity contribution in [2.75, 3.05) is 7.11 Å². The molecule has 0 saturated heterocycles. The van der Waals surface area contributed by atoms with E-state index in [1.165, 1.54) is 0 Å². The van der Waals surface area contributed by atoms with Crippen molar-refractivity contribution >= 4 is 0 Å². The zero-order chi connectivity index (χ0) is 13.0. The summed E-state index contributed by atoms with van der Waals surface area (Å²) in [5, 5.41) is 9.11. The molecule has 0 aliphatic rings. The van der Waals surface area contributed by atoms with Gasteiger partial charge in [-0.05, 0) is 17.7 Å². The molecular formula is C13H16N2O3. The van der Waals surface area contributed by atoms with E-state index >= 15 is 0 Å².